The molecule has 55 heavy (non-hydrogen) atoms. The van der Waals surface area contributed by atoms with E-state index in [1.165, 1.54) is 0 Å². The minimum absolute atomic E-state index is 0.00357. The molecule has 8 fully saturated rings. The third kappa shape index (κ3) is 7.19. The van der Waals surface area contributed by atoms with E-state index in [1.54, 1.807) is 0 Å². The fraction of sp³-hybridized carbons (Fsp3) is 0.889. The minimum atomic E-state index is -0.838. The molecule has 0 aromatic carbocycles. The van der Waals surface area contributed by atoms with E-state index in [9.17, 15) is 24.0 Å². The predicted molar refractivity (Wildman–Crippen MR) is 200 cm³/mol. The lowest BCUT2D eigenvalue weighted by molar-refractivity contribution is -0.167. The van der Waals surface area contributed by atoms with Crippen LogP contribution in [0.3, 0.4) is 0 Å². The lowest BCUT2D eigenvalue weighted by atomic mass is 9.53. The van der Waals surface area contributed by atoms with Crippen LogP contribution in [-0.2, 0) is 47.7 Å². The number of cyclic esters (lactones) is 2. The first-order valence-electron chi connectivity index (χ1n) is 21.7. The SMILES string of the molecule is CC1C2CC(C(=O)OC(C)(C)C)C(C2)C1C1C2CC(C(=O)OCC3CO3)C(C2)C1C1C2CCC(C2)C1C1C(=O)OC(=O)C1CCC(C)(C)C(=O)OC(C)(C)C. The lowest BCUT2D eigenvalue weighted by Crippen LogP contribution is -2.49. The zero-order valence-electron chi connectivity index (χ0n) is 34.7. The molecule has 10 nitrogen and oxygen atoms in total. The molecule has 306 valence electrons. The molecule has 0 spiro atoms. The van der Waals surface area contributed by atoms with Crippen LogP contribution < -0.4 is 0 Å². The zero-order valence-corrected chi connectivity index (χ0v) is 34.7. The number of carbonyl (C=O) groups excluding carboxylic acids is 5. The van der Waals surface area contributed by atoms with Crippen LogP contribution in [0.4, 0.5) is 0 Å². The van der Waals surface area contributed by atoms with Crippen LogP contribution >= 0.6 is 0 Å². The summed E-state index contributed by atoms with van der Waals surface area (Å²) in [5.74, 6) is 0.568. The molecule has 8 rings (SSSR count). The van der Waals surface area contributed by atoms with Gasteiger partial charge in [-0.3, -0.25) is 24.0 Å². The summed E-state index contributed by atoms with van der Waals surface area (Å²) in [6.45, 7) is 18.4. The van der Waals surface area contributed by atoms with Crippen LogP contribution in [0.25, 0.3) is 0 Å². The number of ether oxygens (including phenoxy) is 5. The van der Waals surface area contributed by atoms with Gasteiger partial charge in [0, 0.05) is 0 Å². The molecular formula is C45H66O10. The van der Waals surface area contributed by atoms with Crippen LogP contribution in [-0.4, -0.2) is 60.4 Å². The predicted octanol–water partition coefficient (Wildman–Crippen LogP) is 7.19. The maximum Gasteiger partial charge on any atom is 0.317 e. The number of fused-ring (bicyclic) bond motifs is 6. The quantitative estimate of drug-likeness (QED) is 0.0921. The third-order valence-corrected chi connectivity index (χ3v) is 16.0. The Kier molecular flexibility index (Phi) is 9.89. The molecule has 17 unspecified atom stereocenters. The molecule has 0 aromatic rings. The van der Waals surface area contributed by atoms with E-state index >= 15 is 0 Å². The second-order valence-corrected chi connectivity index (χ2v) is 22.0. The maximum absolute atomic E-state index is 14.0. The van der Waals surface area contributed by atoms with Gasteiger partial charge in [0.25, 0.3) is 0 Å². The molecule has 8 aliphatic rings. The smallest absolute Gasteiger partial charge is 0.317 e. The monoisotopic (exact) mass is 766 g/mol. The van der Waals surface area contributed by atoms with Gasteiger partial charge in [-0.1, -0.05) is 6.92 Å². The highest BCUT2D eigenvalue weighted by molar-refractivity contribution is 5.96. The molecule has 2 heterocycles. The number of rotatable bonds is 11. The summed E-state index contributed by atoms with van der Waals surface area (Å²) >= 11 is 0. The Labute approximate surface area is 327 Å². The summed E-state index contributed by atoms with van der Waals surface area (Å²) in [7, 11) is 0. The Morgan fingerprint density at radius 1 is 0.673 bits per heavy atom. The topological polar surface area (TPSA) is 135 Å². The van der Waals surface area contributed by atoms with E-state index in [0.717, 1.165) is 44.9 Å². The van der Waals surface area contributed by atoms with Crippen LogP contribution in [0, 0.1) is 100 Å². The number of epoxide rings is 1. The highest BCUT2D eigenvalue weighted by Gasteiger charge is 2.69. The van der Waals surface area contributed by atoms with Gasteiger partial charge < -0.3 is 23.7 Å². The average Bonchev–Trinajstić information content (AvgIpc) is 3.69. The molecule has 2 saturated heterocycles. The standard InChI is InChI=1S/C45H66O10/c1-21-24-15-28(31(16-24)40(48)54-43(2,3)4)32(21)35-25-17-29(30(18-25)38(46)52-20-26-19-51-26)36(35)33-22-10-11-23(14-22)34(33)37-27(39(47)53-41(37)49)12-13-45(8,9)42(50)55-44(5,6)7/h21-37H,10-20H2,1-9H3. The van der Waals surface area contributed by atoms with Crippen molar-refractivity contribution < 1.29 is 47.7 Å². The molecule has 6 aliphatic carbocycles. The van der Waals surface area contributed by atoms with E-state index in [1.807, 2.05) is 55.4 Å². The van der Waals surface area contributed by atoms with Gasteiger partial charge >= 0.3 is 29.8 Å². The average molecular weight is 767 g/mol. The molecule has 10 heteroatoms. The number of hydrogen-bond donors (Lipinski definition) is 0. The summed E-state index contributed by atoms with van der Waals surface area (Å²) in [6, 6.07) is 0. The van der Waals surface area contributed by atoms with Crippen molar-refractivity contribution in [1.29, 1.82) is 0 Å². The van der Waals surface area contributed by atoms with E-state index < -0.39 is 40.4 Å². The molecule has 6 bridgehead atoms. The fourth-order valence-corrected chi connectivity index (χ4v) is 14.0. The lowest BCUT2D eigenvalue weighted by Gasteiger charge is -2.50. The van der Waals surface area contributed by atoms with Crippen molar-refractivity contribution in [3.05, 3.63) is 0 Å². The molecule has 6 saturated carbocycles. The minimum Gasteiger partial charge on any atom is -0.463 e. The second-order valence-electron chi connectivity index (χ2n) is 22.0. The highest BCUT2D eigenvalue weighted by atomic mass is 16.6. The van der Waals surface area contributed by atoms with Crippen molar-refractivity contribution in [2.24, 2.45) is 100 Å². The van der Waals surface area contributed by atoms with Crippen molar-refractivity contribution >= 4 is 29.8 Å². The maximum atomic E-state index is 14.0. The molecule has 0 radical (unpaired) electrons. The van der Waals surface area contributed by atoms with Gasteiger partial charge in [-0.2, -0.15) is 0 Å². The number of carbonyl (C=O) groups is 5. The summed E-state index contributed by atoms with van der Waals surface area (Å²) in [6.07, 6.45) is 7.65. The molecule has 17 atom stereocenters. The fourth-order valence-electron chi connectivity index (χ4n) is 14.0. The summed E-state index contributed by atoms with van der Waals surface area (Å²) in [4.78, 5) is 68.5. The third-order valence-electron chi connectivity index (χ3n) is 16.0. The van der Waals surface area contributed by atoms with Crippen molar-refractivity contribution in [2.45, 2.75) is 137 Å². The largest absolute Gasteiger partial charge is 0.463 e. The normalized spacial score (nSPS) is 44.3. The first kappa shape index (κ1) is 39.3. The van der Waals surface area contributed by atoms with Gasteiger partial charge in [-0.05, 0) is 184 Å². The molecule has 2 aliphatic heterocycles. The molecule has 0 amide bonds. The van der Waals surface area contributed by atoms with Crippen molar-refractivity contribution in [3.8, 4) is 0 Å². The van der Waals surface area contributed by atoms with Crippen molar-refractivity contribution in [1.82, 2.24) is 0 Å². The highest BCUT2D eigenvalue weighted by Crippen LogP contribution is 2.72. The first-order chi connectivity index (χ1) is 25.7. The Hall–Kier alpha value is -2.49. The van der Waals surface area contributed by atoms with Crippen LogP contribution in [0.2, 0.25) is 0 Å². The second kappa shape index (κ2) is 13.8. The molecular weight excluding hydrogens is 700 g/mol. The Bertz CT molecular complexity index is 1570. The zero-order chi connectivity index (χ0) is 39.5. The van der Waals surface area contributed by atoms with Gasteiger partial charge in [-0.25, -0.2) is 0 Å². The van der Waals surface area contributed by atoms with Crippen LogP contribution in [0.1, 0.15) is 120 Å². The van der Waals surface area contributed by atoms with E-state index in [4.69, 9.17) is 23.7 Å². The molecule has 0 N–H and O–H groups in total. The molecule has 0 aromatic heterocycles. The van der Waals surface area contributed by atoms with Gasteiger partial charge in [0.1, 0.15) is 23.9 Å². The van der Waals surface area contributed by atoms with Gasteiger partial charge in [0.2, 0.25) is 0 Å². The Morgan fingerprint density at radius 2 is 1.25 bits per heavy atom. The van der Waals surface area contributed by atoms with E-state index in [-0.39, 0.29) is 65.4 Å². The summed E-state index contributed by atoms with van der Waals surface area (Å²) in [5.41, 5.74) is -2.02. The van der Waals surface area contributed by atoms with Crippen LogP contribution in [0.5, 0.6) is 0 Å². The Morgan fingerprint density at radius 3 is 1.89 bits per heavy atom. The van der Waals surface area contributed by atoms with Crippen LogP contribution in [0.15, 0.2) is 0 Å². The number of hydrogen-bond acceptors (Lipinski definition) is 10. The van der Waals surface area contributed by atoms with Crippen molar-refractivity contribution in [2.75, 3.05) is 13.2 Å². The van der Waals surface area contributed by atoms with Gasteiger partial charge in [0.05, 0.1) is 35.7 Å². The first-order valence-corrected chi connectivity index (χ1v) is 21.7. The van der Waals surface area contributed by atoms with Gasteiger partial charge in [0.15, 0.2) is 0 Å². The van der Waals surface area contributed by atoms with Gasteiger partial charge in [-0.15, -0.1) is 0 Å². The van der Waals surface area contributed by atoms with E-state index in [0.29, 0.717) is 67.5 Å². The van der Waals surface area contributed by atoms with E-state index in [2.05, 4.69) is 6.92 Å². The van der Waals surface area contributed by atoms with Crippen molar-refractivity contribution in [3.63, 3.8) is 0 Å². The summed E-state index contributed by atoms with van der Waals surface area (Å²) in [5, 5.41) is 0. The summed E-state index contributed by atoms with van der Waals surface area (Å²) < 4.78 is 28.6. The Balaban J connectivity index is 1.11. The number of esters is 5.